The summed E-state index contributed by atoms with van der Waals surface area (Å²) < 4.78 is 5.54. The van der Waals surface area contributed by atoms with Crippen molar-refractivity contribution in [3.05, 3.63) is 0 Å². The van der Waals surface area contributed by atoms with Crippen LogP contribution in [0.15, 0.2) is 0 Å². The molecule has 1 aliphatic heterocycles. The first-order valence-corrected chi connectivity index (χ1v) is 10.2. The van der Waals surface area contributed by atoms with Gasteiger partial charge in [-0.1, -0.05) is 84.5 Å². The molecule has 22 heavy (non-hydrogen) atoms. The number of nitrogens with zero attached hydrogens (tertiary/aromatic N) is 1. The minimum atomic E-state index is 0.830. The van der Waals surface area contributed by atoms with Crippen molar-refractivity contribution in [3.8, 4) is 0 Å². The van der Waals surface area contributed by atoms with E-state index < -0.39 is 0 Å². The molecule has 0 aromatic heterocycles. The number of morpholine rings is 1. The third-order valence-corrected chi connectivity index (χ3v) is 5.09. The van der Waals surface area contributed by atoms with E-state index >= 15 is 0 Å². The summed E-state index contributed by atoms with van der Waals surface area (Å²) in [6, 6.07) is 0.830. The second-order valence-corrected chi connectivity index (χ2v) is 7.06. The average Bonchev–Trinajstić information content (AvgIpc) is 2.56. The van der Waals surface area contributed by atoms with Crippen LogP contribution >= 0.6 is 0 Å². The van der Waals surface area contributed by atoms with Crippen LogP contribution < -0.4 is 0 Å². The predicted octanol–water partition coefficient (Wildman–Crippen LogP) is 5.80. The van der Waals surface area contributed by atoms with Crippen molar-refractivity contribution in [2.45, 2.75) is 103 Å². The second-order valence-electron chi connectivity index (χ2n) is 7.06. The van der Waals surface area contributed by atoms with Crippen LogP contribution in [0.1, 0.15) is 97.3 Å². The van der Waals surface area contributed by atoms with Crippen LogP contribution in [0.2, 0.25) is 0 Å². The lowest BCUT2D eigenvalue weighted by molar-refractivity contribution is 0.0118. The highest BCUT2D eigenvalue weighted by molar-refractivity contribution is 4.74. The fourth-order valence-electron chi connectivity index (χ4n) is 3.60. The van der Waals surface area contributed by atoms with Gasteiger partial charge < -0.3 is 4.74 Å². The maximum atomic E-state index is 5.54. The van der Waals surface area contributed by atoms with Gasteiger partial charge in [-0.15, -0.1) is 0 Å². The molecular formula is C20H41NO. The minimum Gasteiger partial charge on any atom is -0.379 e. The Morgan fingerprint density at radius 3 is 1.64 bits per heavy atom. The van der Waals surface area contributed by atoms with E-state index in [0.29, 0.717) is 0 Å². The molecule has 0 saturated carbocycles. The van der Waals surface area contributed by atoms with E-state index in [0.717, 1.165) is 32.3 Å². The molecule has 0 aromatic carbocycles. The molecule has 0 amide bonds. The summed E-state index contributed by atoms with van der Waals surface area (Å²) in [6.07, 6.45) is 18.4. The summed E-state index contributed by atoms with van der Waals surface area (Å²) in [5, 5.41) is 0. The summed E-state index contributed by atoms with van der Waals surface area (Å²) in [6.45, 7) is 8.82. The van der Waals surface area contributed by atoms with Gasteiger partial charge in [0.05, 0.1) is 13.2 Å². The molecule has 0 bridgehead atoms. The maximum absolute atomic E-state index is 5.54. The molecule has 0 N–H and O–H groups in total. The predicted molar refractivity (Wildman–Crippen MR) is 97.5 cm³/mol. The van der Waals surface area contributed by atoms with Gasteiger partial charge in [-0.05, 0) is 12.8 Å². The zero-order valence-electron chi connectivity index (χ0n) is 15.5. The summed E-state index contributed by atoms with van der Waals surface area (Å²) in [5.74, 6) is 0. The Morgan fingerprint density at radius 2 is 1.14 bits per heavy atom. The SMILES string of the molecule is CCCCCCCCC(CCCCCCC)N1CCOCC1. The van der Waals surface area contributed by atoms with E-state index in [9.17, 15) is 0 Å². The van der Waals surface area contributed by atoms with Gasteiger partial charge in [-0.25, -0.2) is 0 Å². The van der Waals surface area contributed by atoms with Crippen LogP contribution in [-0.4, -0.2) is 37.2 Å². The Bertz CT molecular complexity index is 226. The second kappa shape index (κ2) is 14.5. The normalized spacial score (nSPS) is 17.7. The van der Waals surface area contributed by atoms with Crippen LogP contribution in [-0.2, 0) is 4.74 Å². The van der Waals surface area contributed by atoms with E-state index in [2.05, 4.69) is 18.7 Å². The highest BCUT2D eigenvalue weighted by atomic mass is 16.5. The van der Waals surface area contributed by atoms with E-state index in [1.807, 2.05) is 0 Å². The number of rotatable bonds is 14. The van der Waals surface area contributed by atoms with Gasteiger partial charge >= 0.3 is 0 Å². The largest absolute Gasteiger partial charge is 0.379 e. The lowest BCUT2D eigenvalue weighted by Gasteiger charge is -2.34. The van der Waals surface area contributed by atoms with Crippen LogP contribution in [0.3, 0.4) is 0 Å². The monoisotopic (exact) mass is 311 g/mol. The molecule has 1 fully saturated rings. The third-order valence-electron chi connectivity index (χ3n) is 5.09. The fraction of sp³-hybridized carbons (Fsp3) is 1.00. The molecule has 1 saturated heterocycles. The van der Waals surface area contributed by atoms with Crippen LogP contribution in [0.4, 0.5) is 0 Å². The highest BCUT2D eigenvalue weighted by Crippen LogP contribution is 2.19. The maximum Gasteiger partial charge on any atom is 0.0594 e. The number of ether oxygens (including phenoxy) is 1. The van der Waals surface area contributed by atoms with Crippen LogP contribution in [0.25, 0.3) is 0 Å². The van der Waals surface area contributed by atoms with Crippen LogP contribution in [0.5, 0.6) is 0 Å². The Labute approximate surface area is 140 Å². The van der Waals surface area contributed by atoms with Crippen molar-refractivity contribution < 1.29 is 4.74 Å². The van der Waals surface area contributed by atoms with E-state index in [1.165, 1.54) is 83.5 Å². The van der Waals surface area contributed by atoms with Crippen molar-refractivity contribution >= 4 is 0 Å². The molecule has 1 aliphatic rings. The summed E-state index contributed by atoms with van der Waals surface area (Å²) >= 11 is 0. The van der Waals surface area contributed by atoms with Gasteiger partial charge in [0, 0.05) is 19.1 Å². The molecule has 132 valence electrons. The molecule has 0 radical (unpaired) electrons. The molecule has 0 aromatic rings. The first-order valence-electron chi connectivity index (χ1n) is 10.2. The molecule has 2 heteroatoms. The van der Waals surface area contributed by atoms with Crippen LogP contribution in [0, 0.1) is 0 Å². The quantitative estimate of drug-likeness (QED) is 0.376. The Balaban J connectivity index is 2.18. The molecular weight excluding hydrogens is 270 g/mol. The van der Waals surface area contributed by atoms with E-state index in [4.69, 9.17) is 4.74 Å². The zero-order chi connectivity index (χ0) is 15.9. The number of unbranched alkanes of at least 4 members (excludes halogenated alkanes) is 9. The first kappa shape index (κ1) is 20.0. The zero-order valence-corrected chi connectivity index (χ0v) is 15.5. The Kier molecular flexibility index (Phi) is 13.2. The van der Waals surface area contributed by atoms with Gasteiger partial charge in [-0.3, -0.25) is 4.90 Å². The molecule has 1 rings (SSSR count). The average molecular weight is 312 g/mol. The third kappa shape index (κ3) is 9.84. The lowest BCUT2D eigenvalue weighted by atomic mass is 9.98. The Hall–Kier alpha value is -0.0800. The topological polar surface area (TPSA) is 12.5 Å². The molecule has 0 aliphatic carbocycles. The fourth-order valence-corrected chi connectivity index (χ4v) is 3.60. The van der Waals surface area contributed by atoms with Gasteiger partial charge in [-0.2, -0.15) is 0 Å². The molecule has 2 nitrogen and oxygen atoms in total. The lowest BCUT2D eigenvalue weighted by Crippen LogP contribution is -2.43. The molecule has 0 spiro atoms. The van der Waals surface area contributed by atoms with Gasteiger partial charge in [0.2, 0.25) is 0 Å². The van der Waals surface area contributed by atoms with E-state index in [-0.39, 0.29) is 0 Å². The smallest absolute Gasteiger partial charge is 0.0594 e. The first-order chi connectivity index (χ1) is 10.9. The standard InChI is InChI=1S/C20H41NO/c1-3-5-7-9-11-13-15-20(14-12-10-8-6-4-2)21-16-18-22-19-17-21/h20H,3-19H2,1-2H3. The van der Waals surface area contributed by atoms with Gasteiger partial charge in [0.15, 0.2) is 0 Å². The molecule has 1 atom stereocenters. The van der Waals surface area contributed by atoms with Crippen molar-refractivity contribution in [1.29, 1.82) is 0 Å². The van der Waals surface area contributed by atoms with Crippen molar-refractivity contribution in [2.75, 3.05) is 26.3 Å². The Morgan fingerprint density at radius 1 is 0.682 bits per heavy atom. The summed E-state index contributed by atoms with van der Waals surface area (Å²) in [5.41, 5.74) is 0. The van der Waals surface area contributed by atoms with Gasteiger partial charge in [0.1, 0.15) is 0 Å². The molecule has 1 heterocycles. The summed E-state index contributed by atoms with van der Waals surface area (Å²) in [7, 11) is 0. The highest BCUT2D eigenvalue weighted by Gasteiger charge is 2.20. The number of hydrogen-bond acceptors (Lipinski definition) is 2. The van der Waals surface area contributed by atoms with Gasteiger partial charge in [0.25, 0.3) is 0 Å². The summed E-state index contributed by atoms with van der Waals surface area (Å²) in [4.78, 5) is 2.72. The van der Waals surface area contributed by atoms with E-state index in [1.54, 1.807) is 0 Å². The molecule has 1 unspecified atom stereocenters. The van der Waals surface area contributed by atoms with Crippen molar-refractivity contribution in [2.24, 2.45) is 0 Å². The minimum absolute atomic E-state index is 0.830. The van der Waals surface area contributed by atoms with Crippen molar-refractivity contribution in [3.63, 3.8) is 0 Å². The number of hydrogen-bond donors (Lipinski definition) is 0. The van der Waals surface area contributed by atoms with Crippen molar-refractivity contribution in [1.82, 2.24) is 4.90 Å².